The van der Waals surface area contributed by atoms with Crippen molar-refractivity contribution in [3.8, 4) is 5.75 Å². The van der Waals surface area contributed by atoms with Crippen molar-refractivity contribution in [1.29, 1.82) is 0 Å². The van der Waals surface area contributed by atoms with Crippen LogP contribution in [0.4, 0.5) is 5.69 Å². The molecule has 1 amide bonds. The third kappa shape index (κ3) is 5.10. The van der Waals surface area contributed by atoms with Crippen LogP contribution in [-0.4, -0.2) is 21.9 Å². The Hall–Kier alpha value is -2.80. The average Bonchev–Trinajstić information content (AvgIpc) is 3.45. The van der Waals surface area contributed by atoms with Gasteiger partial charge in [0, 0.05) is 11.6 Å². The number of carbonyl (C=O) groups is 1. The summed E-state index contributed by atoms with van der Waals surface area (Å²) >= 11 is 1.25. The Morgan fingerprint density at radius 3 is 2.63 bits per heavy atom. The number of nitrogens with zero attached hydrogens (tertiary/aromatic N) is 2. The van der Waals surface area contributed by atoms with Gasteiger partial charge in [-0.25, -0.2) is 0 Å². The minimum absolute atomic E-state index is 0.121. The van der Waals surface area contributed by atoms with Gasteiger partial charge in [0.1, 0.15) is 12.4 Å². The average molecular weight is 381 g/mol. The van der Waals surface area contributed by atoms with Crippen LogP contribution in [0.1, 0.15) is 30.2 Å². The molecule has 1 N–H and O–H groups in total. The predicted octanol–water partition coefficient (Wildman–Crippen LogP) is 4.26. The smallest absolute Gasteiger partial charge is 0.277 e. The zero-order chi connectivity index (χ0) is 18.5. The molecule has 3 aromatic rings. The van der Waals surface area contributed by atoms with Gasteiger partial charge in [-0.05, 0) is 42.7 Å². The largest absolute Gasteiger partial charge is 0.489 e. The van der Waals surface area contributed by atoms with E-state index in [9.17, 15) is 4.79 Å². The second-order valence-electron chi connectivity index (χ2n) is 6.32. The van der Waals surface area contributed by atoms with E-state index in [2.05, 4.69) is 15.5 Å². The van der Waals surface area contributed by atoms with E-state index >= 15 is 0 Å². The van der Waals surface area contributed by atoms with Crippen LogP contribution >= 0.6 is 11.8 Å². The van der Waals surface area contributed by atoms with Crippen LogP contribution in [0.15, 0.2) is 64.2 Å². The summed E-state index contributed by atoms with van der Waals surface area (Å²) in [5.74, 6) is 1.96. The van der Waals surface area contributed by atoms with Crippen LogP contribution in [-0.2, 0) is 11.4 Å². The van der Waals surface area contributed by atoms with Crippen LogP contribution in [0.3, 0.4) is 0 Å². The highest BCUT2D eigenvalue weighted by atomic mass is 32.2. The van der Waals surface area contributed by atoms with Crippen molar-refractivity contribution >= 4 is 23.4 Å². The molecule has 0 spiro atoms. The zero-order valence-corrected chi connectivity index (χ0v) is 15.4. The van der Waals surface area contributed by atoms with E-state index in [-0.39, 0.29) is 11.7 Å². The lowest BCUT2D eigenvalue weighted by Gasteiger charge is -2.08. The van der Waals surface area contributed by atoms with Crippen molar-refractivity contribution in [3.63, 3.8) is 0 Å². The molecule has 27 heavy (non-hydrogen) atoms. The maximum atomic E-state index is 12.1. The van der Waals surface area contributed by atoms with E-state index in [1.807, 2.05) is 54.6 Å². The maximum Gasteiger partial charge on any atom is 0.277 e. The lowest BCUT2D eigenvalue weighted by atomic mass is 10.2. The summed E-state index contributed by atoms with van der Waals surface area (Å²) in [6.45, 7) is 0.510. The Balaban J connectivity index is 1.23. The summed E-state index contributed by atoms with van der Waals surface area (Å²) in [6, 6.07) is 17.3. The summed E-state index contributed by atoms with van der Waals surface area (Å²) in [6.07, 6.45) is 2.22. The fourth-order valence-corrected chi connectivity index (χ4v) is 3.04. The first-order valence-corrected chi connectivity index (χ1v) is 9.78. The van der Waals surface area contributed by atoms with Gasteiger partial charge in [-0.3, -0.25) is 4.79 Å². The monoisotopic (exact) mass is 381 g/mol. The molecule has 7 heteroatoms. The molecule has 0 saturated heterocycles. The topological polar surface area (TPSA) is 77.2 Å². The number of benzene rings is 2. The maximum absolute atomic E-state index is 12.1. The van der Waals surface area contributed by atoms with Crippen molar-refractivity contribution in [2.45, 2.75) is 30.6 Å². The molecule has 0 aliphatic heterocycles. The first kappa shape index (κ1) is 17.6. The molecule has 0 bridgehead atoms. The molecule has 6 nitrogen and oxygen atoms in total. The van der Waals surface area contributed by atoms with Gasteiger partial charge in [0.2, 0.25) is 11.8 Å². The quantitative estimate of drug-likeness (QED) is 0.588. The minimum Gasteiger partial charge on any atom is -0.489 e. The van der Waals surface area contributed by atoms with E-state index in [1.165, 1.54) is 11.8 Å². The molecule has 2 aromatic carbocycles. The summed E-state index contributed by atoms with van der Waals surface area (Å²) in [5, 5.41) is 11.3. The number of rotatable bonds is 8. The standard InChI is InChI=1S/C20H19N3O3S/c24-18(13-27-20-23-22-19(26-20)15-6-7-15)21-16-8-10-17(11-9-16)25-12-14-4-2-1-3-5-14/h1-5,8-11,15H,6-7,12-13H2,(H,21,24). The van der Waals surface area contributed by atoms with Crippen LogP contribution in [0.25, 0.3) is 0 Å². The highest BCUT2D eigenvalue weighted by molar-refractivity contribution is 7.99. The van der Waals surface area contributed by atoms with Gasteiger partial charge in [0.25, 0.3) is 5.22 Å². The highest BCUT2D eigenvalue weighted by Crippen LogP contribution is 2.39. The molecule has 1 aliphatic carbocycles. The molecular formula is C20H19N3O3S. The van der Waals surface area contributed by atoms with Crippen LogP contribution in [0.2, 0.25) is 0 Å². The lowest BCUT2D eigenvalue weighted by molar-refractivity contribution is -0.113. The van der Waals surface area contributed by atoms with Gasteiger partial charge >= 0.3 is 0 Å². The Morgan fingerprint density at radius 1 is 1.11 bits per heavy atom. The Bertz CT molecular complexity index is 892. The van der Waals surface area contributed by atoms with E-state index in [0.29, 0.717) is 23.6 Å². The van der Waals surface area contributed by atoms with Crippen LogP contribution in [0, 0.1) is 0 Å². The normalized spacial score (nSPS) is 13.3. The molecule has 0 atom stereocenters. The molecule has 1 fully saturated rings. The summed E-state index contributed by atoms with van der Waals surface area (Å²) in [7, 11) is 0. The molecule has 0 radical (unpaired) electrons. The number of thioether (sulfide) groups is 1. The van der Waals surface area contributed by atoms with Gasteiger partial charge in [0.15, 0.2) is 0 Å². The van der Waals surface area contributed by atoms with Gasteiger partial charge in [0.05, 0.1) is 5.75 Å². The Morgan fingerprint density at radius 2 is 1.89 bits per heavy atom. The van der Waals surface area contributed by atoms with E-state index in [0.717, 1.165) is 29.8 Å². The number of carbonyl (C=O) groups excluding carboxylic acids is 1. The zero-order valence-electron chi connectivity index (χ0n) is 14.6. The molecule has 1 saturated carbocycles. The van der Waals surface area contributed by atoms with Crippen molar-refractivity contribution < 1.29 is 13.9 Å². The fourth-order valence-electron chi connectivity index (χ4n) is 2.47. The molecule has 1 heterocycles. The number of aromatic nitrogens is 2. The third-order valence-electron chi connectivity index (χ3n) is 4.06. The van der Waals surface area contributed by atoms with E-state index in [1.54, 1.807) is 0 Å². The Labute approximate surface area is 161 Å². The van der Waals surface area contributed by atoms with Crippen molar-refractivity contribution in [1.82, 2.24) is 10.2 Å². The number of hydrogen-bond acceptors (Lipinski definition) is 6. The Kier molecular flexibility index (Phi) is 5.39. The number of ether oxygens (including phenoxy) is 1. The third-order valence-corrected chi connectivity index (χ3v) is 4.88. The van der Waals surface area contributed by atoms with E-state index < -0.39 is 0 Å². The first-order chi connectivity index (χ1) is 13.3. The van der Waals surface area contributed by atoms with Gasteiger partial charge in [-0.1, -0.05) is 42.1 Å². The first-order valence-electron chi connectivity index (χ1n) is 8.79. The SMILES string of the molecule is O=C(CSc1nnc(C2CC2)o1)Nc1ccc(OCc2ccccc2)cc1. The number of anilines is 1. The van der Waals surface area contributed by atoms with Gasteiger partial charge in [-0.15, -0.1) is 10.2 Å². The highest BCUT2D eigenvalue weighted by Gasteiger charge is 2.29. The predicted molar refractivity (Wildman–Crippen MR) is 103 cm³/mol. The fraction of sp³-hybridized carbons (Fsp3) is 0.250. The van der Waals surface area contributed by atoms with Crippen LogP contribution < -0.4 is 10.1 Å². The summed E-state index contributed by atoms with van der Waals surface area (Å²) in [5.41, 5.74) is 1.83. The molecular weight excluding hydrogens is 362 g/mol. The molecule has 4 rings (SSSR count). The van der Waals surface area contributed by atoms with Gasteiger partial charge in [-0.2, -0.15) is 0 Å². The molecule has 138 valence electrons. The second-order valence-corrected chi connectivity index (χ2v) is 7.24. The molecule has 1 aliphatic rings. The summed E-state index contributed by atoms with van der Waals surface area (Å²) in [4.78, 5) is 12.1. The lowest BCUT2D eigenvalue weighted by Crippen LogP contribution is -2.13. The number of nitrogens with one attached hydrogen (secondary N) is 1. The van der Waals surface area contributed by atoms with Crippen molar-refractivity contribution in [2.24, 2.45) is 0 Å². The van der Waals surface area contributed by atoms with Crippen molar-refractivity contribution in [2.75, 3.05) is 11.1 Å². The van der Waals surface area contributed by atoms with Crippen LogP contribution in [0.5, 0.6) is 5.75 Å². The summed E-state index contributed by atoms with van der Waals surface area (Å²) < 4.78 is 11.3. The van der Waals surface area contributed by atoms with Crippen molar-refractivity contribution in [3.05, 3.63) is 66.1 Å². The molecule has 1 aromatic heterocycles. The second kappa shape index (κ2) is 8.26. The number of amides is 1. The van der Waals surface area contributed by atoms with Gasteiger partial charge < -0.3 is 14.5 Å². The number of hydrogen-bond donors (Lipinski definition) is 1. The minimum atomic E-state index is -0.121. The molecule has 0 unspecified atom stereocenters. The van der Waals surface area contributed by atoms with E-state index in [4.69, 9.17) is 9.15 Å².